The molecule has 0 N–H and O–H groups in total. The van der Waals surface area contributed by atoms with Crippen molar-refractivity contribution in [3.8, 4) is 22.8 Å². The summed E-state index contributed by atoms with van der Waals surface area (Å²) in [5, 5.41) is 1.65. The van der Waals surface area contributed by atoms with E-state index < -0.39 is 8.32 Å². The molecular weight excluding hydrogens is 411 g/mol. The summed E-state index contributed by atoms with van der Waals surface area (Å²) in [7, 11) is -1.89. The number of fused-ring (bicyclic) bond motifs is 1. The maximum atomic E-state index is 6.64. The number of alkyl halides is 1. The van der Waals surface area contributed by atoms with Crippen LogP contribution in [0.15, 0.2) is 46.9 Å². The topological polar surface area (TPSA) is 31.6 Å². The van der Waals surface area contributed by atoms with Crippen molar-refractivity contribution in [3.63, 3.8) is 0 Å². The average Bonchev–Trinajstić information content (AvgIpc) is 3.02. The SMILES string of the molecule is CCCC[Si](C)(C)Oc1c(-c2ccc(Cl)cc2)oc2cc(OCCCl)ccc12. The van der Waals surface area contributed by atoms with E-state index in [4.69, 9.17) is 36.8 Å². The van der Waals surface area contributed by atoms with Crippen molar-refractivity contribution in [1.82, 2.24) is 0 Å². The number of furan rings is 1. The number of benzene rings is 2. The van der Waals surface area contributed by atoms with Crippen LogP contribution in [0.3, 0.4) is 0 Å². The zero-order valence-electron chi connectivity index (χ0n) is 16.6. The lowest BCUT2D eigenvalue weighted by atomic mass is 10.1. The summed E-state index contributed by atoms with van der Waals surface area (Å²) < 4.78 is 18.5. The molecule has 0 fully saturated rings. The number of hydrogen-bond acceptors (Lipinski definition) is 3. The van der Waals surface area contributed by atoms with Gasteiger partial charge in [0, 0.05) is 16.7 Å². The minimum atomic E-state index is -1.89. The third-order valence-electron chi connectivity index (χ3n) is 4.58. The minimum Gasteiger partial charge on any atom is -0.541 e. The summed E-state index contributed by atoms with van der Waals surface area (Å²) in [5.74, 6) is 2.73. The van der Waals surface area contributed by atoms with Crippen molar-refractivity contribution in [2.45, 2.75) is 38.9 Å². The van der Waals surface area contributed by atoms with Gasteiger partial charge in [0.05, 0.1) is 11.3 Å². The number of rotatable bonds is 9. The molecule has 6 heteroatoms. The molecule has 0 bridgehead atoms. The quantitative estimate of drug-likeness (QED) is 0.253. The second-order valence-electron chi connectivity index (χ2n) is 7.43. The summed E-state index contributed by atoms with van der Waals surface area (Å²) >= 11 is 11.8. The molecule has 3 rings (SSSR count). The van der Waals surface area contributed by atoms with E-state index in [1.165, 1.54) is 6.42 Å². The van der Waals surface area contributed by atoms with Crippen LogP contribution in [0.25, 0.3) is 22.3 Å². The number of hydrogen-bond donors (Lipinski definition) is 0. The van der Waals surface area contributed by atoms with Gasteiger partial charge in [0.25, 0.3) is 0 Å². The van der Waals surface area contributed by atoms with Gasteiger partial charge in [-0.3, -0.25) is 0 Å². The molecule has 28 heavy (non-hydrogen) atoms. The van der Waals surface area contributed by atoms with Gasteiger partial charge in [0.15, 0.2) is 11.5 Å². The summed E-state index contributed by atoms with van der Waals surface area (Å²) in [6.07, 6.45) is 2.33. The zero-order chi connectivity index (χ0) is 20.1. The lowest BCUT2D eigenvalue weighted by Crippen LogP contribution is -2.33. The van der Waals surface area contributed by atoms with Gasteiger partial charge >= 0.3 is 0 Å². The van der Waals surface area contributed by atoms with E-state index in [2.05, 4.69) is 20.0 Å². The molecule has 0 amide bonds. The predicted molar refractivity (Wildman–Crippen MR) is 121 cm³/mol. The highest BCUT2D eigenvalue weighted by atomic mass is 35.5. The van der Waals surface area contributed by atoms with Gasteiger partial charge in [0.1, 0.15) is 17.9 Å². The highest BCUT2D eigenvalue weighted by Crippen LogP contribution is 2.43. The second kappa shape index (κ2) is 9.25. The third-order valence-corrected chi connectivity index (χ3v) is 7.30. The third kappa shape index (κ3) is 5.05. The molecule has 1 heterocycles. The Balaban J connectivity index is 2.06. The molecule has 0 atom stereocenters. The first-order valence-corrected chi connectivity index (χ1v) is 13.7. The van der Waals surface area contributed by atoms with Crippen LogP contribution in [0.4, 0.5) is 0 Å². The summed E-state index contributed by atoms with van der Waals surface area (Å²) in [6.45, 7) is 7.17. The molecule has 0 aliphatic heterocycles. The Morgan fingerprint density at radius 1 is 1.07 bits per heavy atom. The van der Waals surface area contributed by atoms with Gasteiger partial charge in [-0.2, -0.15) is 0 Å². The normalized spacial score (nSPS) is 11.8. The fraction of sp³-hybridized carbons (Fsp3) is 0.364. The molecule has 0 aliphatic rings. The second-order valence-corrected chi connectivity index (χ2v) is 12.5. The Labute approximate surface area is 177 Å². The summed E-state index contributed by atoms with van der Waals surface area (Å²) in [6, 6.07) is 14.6. The molecule has 0 saturated heterocycles. The molecular formula is C22H26Cl2O3Si. The van der Waals surface area contributed by atoms with Gasteiger partial charge in [-0.15, -0.1) is 11.6 Å². The van der Waals surface area contributed by atoms with Crippen molar-refractivity contribution in [2.24, 2.45) is 0 Å². The highest BCUT2D eigenvalue weighted by molar-refractivity contribution is 6.72. The first-order valence-electron chi connectivity index (χ1n) is 9.64. The Kier molecular flexibility index (Phi) is 6.97. The van der Waals surface area contributed by atoms with Crippen LogP contribution >= 0.6 is 23.2 Å². The van der Waals surface area contributed by atoms with Gasteiger partial charge < -0.3 is 13.6 Å². The Morgan fingerprint density at radius 3 is 2.50 bits per heavy atom. The predicted octanol–water partition coefficient (Wildman–Crippen LogP) is 7.75. The Morgan fingerprint density at radius 2 is 1.82 bits per heavy atom. The van der Waals surface area contributed by atoms with Crippen LogP contribution in [0.2, 0.25) is 24.2 Å². The smallest absolute Gasteiger partial charge is 0.245 e. The molecule has 0 saturated carbocycles. The average molecular weight is 437 g/mol. The van der Waals surface area contributed by atoms with E-state index >= 15 is 0 Å². The van der Waals surface area contributed by atoms with Gasteiger partial charge in [0.2, 0.25) is 8.32 Å². The van der Waals surface area contributed by atoms with Crippen molar-refractivity contribution >= 4 is 42.5 Å². The molecule has 2 aromatic carbocycles. The van der Waals surface area contributed by atoms with E-state index in [9.17, 15) is 0 Å². The molecule has 3 aromatic rings. The lowest BCUT2D eigenvalue weighted by Gasteiger charge is -2.24. The summed E-state index contributed by atoms with van der Waals surface area (Å²) in [4.78, 5) is 0. The van der Waals surface area contributed by atoms with Crippen LogP contribution in [0.5, 0.6) is 11.5 Å². The number of ether oxygens (including phenoxy) is 1. The molecule has 0 radical (unpaired) electrons. The largest absolute Gasteiger partial charge is 0.541 e. The Hall–Kier alpha value is -1.62. The standard InChI is InChI=1S/C22H26Cl2O3Si/c1-4-5-14-28(2,3)27-22-19-11-10-18(25-13-12-23)15-20(19)26-21(22)16-6-8-17(24)9-7-16/h6-11,15H,4-5,12-14H2,1-3H3. The van der Waals surface area contributed by atoms with E-state index in [1.807, 2.05) is 42.5 Å². The lowest BCUT2D eigenvalue weighted by molar-refractivity contribution is 0.343. The van der Waals surface area contributed by atoms with Crippen LogP contribution in [0.1, 0.15) is 19.8 Å². The van der Waals surface area contributed by atoms with Crippen LogP contribution in [-0.4, -0.2) is 20.8 Å². The summed E-state index contributed by atoms with van der Waals surface area (Å²) in [5.41, 5.74) is 1.69. The highest BCUT2D eigenvalue weighted by Gasteiger charge is 2.28. The zero-order valence-corrected chi connectivity index (χ0v) is 19.1. The molecule has 3 nitrogen and oxygen atoms in total. The maximum Gasteiger partial charge on any atom is 0.245 e. The number of unbranched alkanes of at least 4 members (excludes halogenated alkanes) is 1. The van der Waals surface area contributed by atoms with Crippen molar-refractivity contribution < 1.29 is 13.6 Å². The van der Waals surface area contributed by atoms with Crippen LogP contribution < -0.4 is 9.16 Å². The van der Waals surface area contributed by atoms with E-state index in [0.717, 1.165) is 46.3 Å². The fourth-order valence-corrected chi connectivity index (χ4v) is 5.39. The van der Waals surface area contributed by atoms with Crippen LogP contribution in [0, 0.1) is 0 Å². The van der Waals surface area contributed by atoms with Crippen molar-refractivity contribution in [3.05, 3.63) is 47.5 Å². The minimum absolute atomic E-state index is 0.442. The Bertz CT molecular complexity index is 919. The maximum absolute atomic E-state index is 6.64. The van der Waals surface area contributed by atoms with Gasteiger partial charge in [-0.1, -0.05) is 31.4 Å². The van der Waals surface area contributed by atoms with E-state index in [-0.39, 0.29) is 0 Å². The monoisotopic (exact) mass is 436 g/mol. The van der Waals surface area contributed by atoms with Gasteiger partial charge in [-0.05, 0) is 55.5 Å². The first kappa shape index (κ1) is 21.1. The van der Waals surface area contributed by atoms with Crippen molar-refractivity contribution in [1.29, 1.82) is 0 Å². The van der Waals surface area contributed by atoms with Crippen LogP contribution in [-0.2, 0) is 0 Å². The first-order chi connectivity index (χ1) is 13.4. The van der Waals surface area contributed by atoms with E-state index in [0.29, 0.717) is 17.5 Å². The van der Waals surface area contributed by atoms with Gasteiger partial charge in [-0.25, -0.2) is 0 Å². The van der Waals surface area contributed by atoms with E-state index in [1.54, 1.807) is 0 Å². The fourth-order valence-electron chi connectivity index (χ4n) is 3.12. The molecule has 0 unspecified atom stereocenters. The number of halogens is 2. The molecule has 0 spiro atoms. The van der Waals surface area contributed by atoms with Crippen molar-refractivity contribution in [2.75, 3.05) is 12.5 Å². The molecule has 0 aliphatic carbocycles. The molecule has 150 valence electrons. The molecule has 1 aromatic heterocycles.